The maximum Gasteiger partial charge on any atom is 0.146 e. The van der Waals surface area contributed by atoms with E-state index in [0.717, 1.165) is 23.6 Å². The smallest absolute Gasteiger partial charge is 0.146 e. The number of H-pyrrole nitrogens is 1. The maximum absolute atomic E-state index is 5.57. The molecule has 0 fully saturated rings. The van der Waals surface area contributed by atoms with Crippen LogP contribution in [0.1, 0.15) is 30.8 Å². The zero-order chi connectivity index (χ0) is 12.8. The van der Waals surface area contributed by atoms with Crippen LogP contribution in [0.25, 0.3) is 0 Å². The Morgan fingerprint density at radius 3 is 3.00 bits per heavy atom. The first-order valence-electron chi connectivity index (χ1n) is 5.95. The molecule has 2 N–H and O–H groups in total. The van der Waals surface area contributed by atoms with Gasteiger partial charge in [-0.3, -0.25) is 10.1 Å². The fourth-order valence-electron chi connectivity index (χ4n) is 1.71. The summed E-state index contributed by atoms with van der Waals surface area (Å²) in [5.41, 5.74) is 0.989. The van der Waals surface area contributed by atoms with Gasteiger partial charge < -0.3 is 10.1 Å². The van der Waals surface area contributed by atoms with Crippen molar-refractivity contribution in [3.05, 3.63) is 36.2 Å². The SMILES string of the molecule is CCCOc1cncc(C(NC)c2ncn[nH]2)c1. The predicted molar refractivity (Wildman–Crippen MR) is 67.3 cm³/mol. The van der Waals surface area contributed by atoms with Crippen molar-refractivity contribution < 1.29 is 4.74 Å². The highest BCUT2D eigenvalue weighted by Crippen LogP contribution is 2.21. The summed E-state index contributed by atoms with van der Waals surface area (Å²) in [7, 11) is 1.87. The number of rotatable bonds is 6. The van der Waals surface area contributed by atoms with Gasteiger partial charge in [0.1, 0.15) is 17.9 Å². The Kier molecular flexibility index (Phi) is 4.25. The van der Waals surface area contributed by atoms with Gasteiger partial charge in [0.05, 0.1) is 18.8 Å². The second-order valence-corrected chi connectivity index (χ2v) is 3.89. The molecule has 2 aromatic rings. The van der Waals surface area contributed by atoms with Crippen molar-refractivity contribution in [2.45, 2.75) is 19.4 Å². The molecule has 2 heterocycles. The van der Waals surface area contributed by atoms with Crippen molar-refractivity contribution in [2.75, 3.05) is 13.7 Å². The lowest BCUT2D eigenvalue weighted by Crippen LogP contribution is -2.19. The monoisotopic (exact) mass is 247 g/mol. The van der Waals surface area contributed by atoms with Crippen molar-refractivity contribution in [3.63, 3.8) is 0 Å². The van der Waals surface area contributed by atoms with Crippen LogP contribution in [-0.4, -0.2) is 33.8 Å². The maximum atomic E-state index is 5.57. The summed E-state index contributed by atoms with van der Waals surface area (Å²) in [5, 5.41) is 9.89. The molecule has 0 aromatic carbocycles. The van der Waals surface area contributed by atoms with Gasteiger partial charge in [0.15, 0.2) is 0 Å². The van der Waals surface area contributed by atoms with Crippen LogP contribution in [0.4, 0.5) is 0 Å². The van der Waals surface area contributed by atoms with Gasteiger partial charge in [-0.05, 0) is 25.1 Å². The van der Waals surface area contributed by atoms with Crippen molar-refractivity contribution in [3.8, 4) is 5.75 Å². The normalized spacial score (nSPS) is 12.3. The van der Waals surface area contributed by atoms with Crippen LogP contribution in [0.2, 0.25) is 0 Å². The van der Waals surface area contributed by atoms with Crippen molar-refractivity contribution in [2.24, 2.45) is 0 Å². The van der Waals surface area contributed by atoms with Gasteiger partial charge in [-0.2, -0.15) is 5.10 Å². The third kappa shape index (κ3) is 2.84. The lowest BCUT2D eigenvalue weighted by molar-refractivity contribution is 0.315. The van der Waals surface area contributed by atoms with Gasteiger partial charge >= 0.3 is 0 Å². The highest BCUT2D eigenvalue weighted by Gasteiger charge is 2.15. The lowest BCUT2D eigenvalue weighted by Gasteiger charge is -2.14. The number of aromatic nitrogens is 4. The highest BCUT2D eigenvalue weighted by molar-refractivity contribution is 5.29. The molecule has 0 radical (unpaired) electrons. The largest absolute Gasteiger partial charge is 0.492 e. The van der Waals surface area contributed by atoms with Crippen molar-refractivity contribution in [1.82, 2.24) is 25.5 Å². The first-order chi connectivity index (χ1) is 8.85. The van der Waals surface area contributed by atoms with Gasteiger partial charge in [0.2, 0.25) is 0 Å². The van der Waals surface area contributed by atoms with Crippen LogP contribution in [0.5, 0.6) is 5.75 Å². The van der Waals surface area contributed by atoms with Crippen LogP contribution < -0.4 is 10.1 Å². The number of pyridine rings is 1. The Bertz CT molecular complexity index is 471. The Morgan fingerprint density at radius 1 is 1.44 bits per heavy atom. The molecule has 2 aromatic heterocycles. The number of nitrogens with zero attached hydrogens (tertiary/aromatic N) is 3. The Morgan fingerprint density at radius 2 is 2.33 bits per heavy atom. The Labute approximate surface area is 106 Å². The van der Waals surface area contributed by atoms with Gasteiger partial charge in [0, 0.05) is 6.20 Å². The standard InChI is InChI=1S/C12H17N5O/c1-3-4-18-10-5-9(6-14-7-10)11(13-2)12-15-8-16-17-12/h5-8,11,13H,3-4H2,1-2H3,(H,15,16,17). The summed E-state index contributed by atoms with van der Waals surface area (Å²) in [6.07, 6.45) is 5.97. The number of hydrogen-bond donors (Lipinski definition) is 2. The van der Waals surface area contributed by atoms with E-state index in [1.165, 1.54) is 6.33 Å². The van der Waals surface area contributed by atoms with Crippen molar-refractivity contribution >= 4 is 0 Å². The molecule has 0 bridgehead atoms. The van der Waals surface area contributed by atoms with Crippen molar-refractivity contribution in [1.29, 1.82) is 0 Å². The van der Waals surface area contributed by atoms with E-state index in [4.69, 9.17) is 4.74 Å². The first kappa shape index (κ1) is 12.5. The van der Waals surface area contributed by atoms with Crippen LogP contribution in [-0.2, 0) is 0 Å². The molecule has 2 rings (SSSR count). The first-order valence-corrected chi connectivity index (χ1v) is 5.95. The number of hydrogen-bond acceptors (Lipinski definition) is 5. The molecule has 1 unspecified atom stereocenters. The minimum atomic E-state index is -0.0647. The quantitative estimate of drug-likeness (QED) is 0.804. The molecule has 0 aliphatic carbocycles. The third-order valence-electron chi connectivity index (χ3n) is 2.54. The summed E-state index contributed by atoms with van der Waals surface area (Å²) in [6, 6.07) is 1.90. The minimum Gasteiger partial charge on any atom is -0.492 e. The fraction of sp³-hybridized carbons (Fsp3) is 0.417. The molecule has 0 aliphatic rings. The highest BCUT2D eigenvalue weighted by atomic mass is 16.5. The number of nitrogens with one attached hydrogen (secondary N) is 2. The zero-order valence-electron chi connectivity index (χ0n) is 10.6. The molecule has 96 valence electrons. The molecular formula is C12H17N5O. The van der Waals surface area contributed by atoms with Crippen LogP contribution in [0, 0.1) is 0 Å². The topological polar surface area (TPSA) is 75.7 Å². The van der Waals surface area contributed by atoms with Gasteiger partial charge in [-0.1, -0.05) is 6.92 Å². The summed E-state index contributed by atoms with van der Waals surface area (Å²) in [6.45, 7) is 2.76. The van der Waals surface area contributed by atoms with E-state index >= 15 is 0 Å². The molecule has 18 heavy (non-hydrogen) atoms. The van der Waals surface area contributed by atoms with Gasteiger partial charge in [-0.15, -0.1) is 0 Å². The van der Waals surface area contributed by atoms with Crippen LogP contribution >= 0.6 is 0 Å². The molecule has 0 saturated carbocycles. The molecule has 6 nitrogen and oxygen atoms in total. The van der Waals surface area contributed by atoms with E-state index in [-0.39, 0.29) is 6.04 Å². The zero-order valence-corrected chi connectivity index (χ0v) is 10.6. The van der Waals surface area contributed by atoms with E-state index in [2.05, 4.69) is 32.4 Å². The summed E-state index contributed by atoms with van der Waals surface area (Å²) >= 11 is 0. The lowest BCUT2D eigenvalue weighted by atomic mass is 10.1. The van der Waals surface area contributed by atoms with Gasteiger partial charge in [-0.25, -0.2) is 4.98 Å². The average molecular weight is 247 g/mol. The molecule has 0 amide bonds. The molecular weight excluding hydrogens is 230 g/mol. The number of aromatic amines is 1. The second-order valence-electron chi connectivity index (χ2n) is 3.89. The summed E-state index contributed by atoms with van der Waals surface area (Å²) < 4.78 is 5.57. The molecule has 0 aliphatic heterocycles. The summed E-state index contributed by atoms with van der Waals surface area (Å²) in [4.78, 5) is 8.35. The minimum absolute atomic E-state index is 0.0647. The van der Waals surface area contributed by atoms with E-state index in [1.54, 1.807) is 12.4 Å². The van der Waals surface area contributed by atoms with E-state index in [1.807, 2.05) is 13.1 Å². The Balaban J connectivity index is 2.20. The predicted octanol–water partition coefficient (Wildman–Crippen LogP) is 1.30. The molecule has 0 spiro atoms. The molecule has 1 atom stereocenters. The van der Waals surface area contributed by atoms with Gasteiger partial charge in [0.25, 0.3) is 0 Å². The molecule has 6 heteroatoms. The van der Waals surface area contributed by atoms with Crippen LogP contribution in [0.3, 0.4) is 0 Å². The average Bonchev–Trinajstić information content (AvgIpc) is 2.92. The van der Waals surface area contributed by atoms with E-state index < -0.39 is 0 Å². The second kappa shape index (κ2) is 6.11. The van der Waals surface area contributed by atoms with E-state index in [0.29, 0.717) is 6.61 Å². The Hall–Kier alpha value is -1.95. The van der Waals surface area contributed by atoms with E-state index in [9.17, 15) is 0 Å². The van der Waals surface area contributed by atoms with Crippen LogP contribution in [0.15, 0.2) is 24.8 Å². The number of ether oxygens (including phenoxy) is 1. The molecule has 0 saturated heterocycles. The fourth-order valence-corrected chi connectivity index (χ4v) is 1.71. The third-order valence-corrected chi connectivity index (χ3v) is 2.54. The summed E-state index contributed by atoms with van der Waals surface area (Å²) in [5.74, 6) is 1.53.